The highest BCUT2D eigenvalue weighted by atomic mass is 17.0. The number of hydrogen-bond acceptors (Lipinski definition) is 12. The molecular weight excluding hydrogens is 424 g/mol. The van der Waals surface area contributed by atoms with Crippen LogP contribution in [0.2, 0.25) is 0 Å². The molecule has 0 amide bonds. The Morgan fingerprint density at radius 1 is 1.03 bits per heavy atom. The van der Waals surface area contributed by atoms with Crippen LogP contribution < -0.4 is 0 Å². The molecule has 15 nitrogen and oxygen atoms in total. The maximum absolute atomic E-state index is 12.7. The number of nitrogens with zero attached hydrogens (tertiary/aromatic N) is 4. The van der Waals surface area contributed by atoms with Gasteiger partial charge in [-0.05, 0) is 52.9 Å². The van der Waals surface area contributed by atoms with E-state index in [1.807, 2.05) is 0 Å². The first kappa shape index (κ1) is 26.1. The summed E-state index contributed by atoms with van der Waals surface area (Å²) in [5.74, 6) is -1.51. The maximum Gasteiger partial charge on any atom is 0.330 e. The van der Waals surface area contributed by atoms with Crippen molar-refractivity contribution in [3.05, 3.63) is 30.3 Å². The predicted octanol–water partition coefficient (Wildman–Crippen LogP) is 1.59. The summed E-state index contributed by atoms with van der Waals surface area (Å²) >= 11 is 0. The van der Waals surface area contributed by atoms with E-state index in [1.165, 1.54) is 5.06 Å². The van der Waals surface area contributed by atoms with Crippen LogP contribution >= 0.6 is 0 Å². The predicted molar refractivity (Wildman–Crippen MR) is 100 cm³/mol. The van der Waals surface area contributed by atoms with Crippen LogP contribution in [0.15, 0.2) is 0 Å². The summed E-state index contributed by atoms with van der Waals surface area (Å²) in [4.78, 5) is 63.1. The Bertz CT molecular complexity index is 670. The normalized spacial score (nSPS) is 21.4. The standard InChI is InChI=1S/C16H28N4O11/c1-15(2,6-8-28-18(22)23)14(21)31-17-7-5-12(10-29-19(24)25)9-13(16(17,3)4)11-30-20(26)27/h12-13H,5-11H2,1-4H3. The number of rotatable bonds is 12. The fourth-order valence-electron chi connectivity index (χ4n) is 3.21. The average Bonchev–Trinajstić information content (AvgIpc) is 2.74. The van der Waals surface area contributed by atoms with Crippen LogP contribution in [0.25, 0.3) is 0 Å². The Balaban J connectivity index is 2.95. The second-order valence-electron chi connectivity index (χ2n) is 8.45. The van der Waals surface area contributed by atoms with Crippen molar-refractivity contribution in [1.82, 2.24) is 5.06 Å². The molecule has 1 aliphatic heterocycles. The minimum Gasteiger partial charge on any atom is -0.367 e. The van der Waals surface area contributed by atoms with Crippen LogP contribution in [-0.2, 0) is 24.1 Å². The van der Waals surface area contributed by atoms with E-state index in [1.54, 1.807) is 27.7 Å². The fraction of sp³-hybridized carbons (Fsp3) is 0.938. The van der Waals surface area contributed by atoms with E-state index < -0.39 is 38.1 Å². The van der Waals surface area contributed by atoms with Gasteiger partial charge in [0.15, 0.2) is 0 Å². The monoisotopic (exact) mass is 452 g/mol. The lowest BCUT2D eigenvalue weighted by Crippen LogP contribution is -2.52. The van der Waals surface area contributed by atoms with Crippen LogP contribution in [0.3, 0.4) is 0 Å². The van der Waals surface area contributed by atoms with Crippen molar-refractivity contribution in [3.8, 4) is 0 Å². The highest BCUT2D eigenvalue weighted by Crippen LogP contribution is 2.37. The molecule has 0 N–H and O–H groups in total. The average molecular weight is 452 g/mol. The molecule has 0 aromatic rings. The molecule has 2 unspecified atom stereocenters. The molecule has 0 aromatic heterocycles. The molecule has 31 heavy (non-hydrogen) atoms. The Hall–Kier alpha value is -2.97. The van der Waals surface area contributed by atoms with E-state index in [4.69, 9.17) is 4.84 Å². The third-order valence-electron chi connectivity index (χ3n) is 5.47. The molecule has 1 saturated heterocycles. The first-order chi connectivity index (χ1) is 14.3. The molecule has 0 bridgehead atoms. The Kier molecular flexibility index (Phi) is 9.15. The van der Waals surface area contributed by atoms with Crippen LogP contribution in [0.1, 0.15) is 47.0 Å². The summed E-state index contributed by atoms with van der Waals surface area (Å²) in [5.41, 5.74) is -2.03. The smallest absolute Gasteiger partial charge is 0.330 e. The topological polar surface area (TPSA) is 187 Å². The fourth-order valence-corrected chi connectivity index (χ4v) is 3.21. The third-order valence-corrected chi connectivity index (χ3v) is 5.47. The third kappa shape index (κ3) is 8.35. The second-order valence-corrected chi connectivity index (χ2v) is 8.45. The van der Waals surface area contributed by atoms with Gasteiger partial charge in [0.05, 0.1) is 24.2 Å². The van der Waals surface area contributed by atoms with E-state index in [0.717, 1.165) is 0 Å². The van der Waals surface area contributed by atoms with Crippen molar-refractivity contribution in [2.75, 3.05) is 26.4 Å². The molecule has 178 valence electrons. The maximum atomic E-state index is 12.7. The van der Waals surface area contributed by atoms with E-state index >= 15 is 0 Å². The summed E-state index contributed by atoms with van der Waals surface area (Å²) < 4.78 is 0. The molecule has 15 heteroatoms. The van der Waals surface area contributed by atoms with Gasteiger partial charge in [-0.25, -0.2) is 4.79 Å². The van der Waals surface area contributed by atoms with Crippen molar-refractivity contribution in [2.45, 2.75) is 52.5 Å². The van der Waals surface area contributed by atoms with E-state index in [9.17, 15) is 35.1 Å². The van der Waals surface area contributed by atoms with Gasteiger partial charge < -0.3 is 19.4 Å². The van der Waals surface area contributed by atoms with Gasteiger partial charge in [-0.1, -0.05) is 0 Å². The molecule has 1 fully saturated rings. The van der Waals surface area contributed by atoms with Gasteiger partial charge in [0.2, 0.25) is 0 Å². The second kappa shape index (κ2) is 10.9. The molecule has 0 aromatic carbocycles. The number of carbonyl (C=O) groups is 1. The Labute approximate surface area is 177 Å². The quantitative estimate of drug-likeness (QED) is 0.308. The molecule has 1 rings (SSSR count). The van der Waals surface area contributed by atoms with Gasteiger partial charge in [-0.2, -0.15) is 0 Å². The van der Waals surface area contributed by atoms with Crippen LogP contribution in [0.5, 0.6) is 0 Å². The molecule has 1 heterocycles. The Morgan fingerprint density at radius 3 is 2.13 bits per heavy atom. The van der Waals surface area contributed by atoms with Crippen molar-refractivity contribution >= 4 is 5.97 Å². The number of carbonyl (C=O) groups excluding carboxylic acids is 1. The molecule has 0 aliphatic carbocycles. The zero-order chi connectivity index (χ0) is 23.8. The lowest BCUT2D eigenvalue weighted by molar-refractivity contribution is -0.760. The summed E-state index contributed by atoms with van der Waals surface area (Å²) in [7, 11) is 0. The highest BCUT2D eigenvalue weighted by molar-refractivity contribution is 5.75. The van der Waals surface area contributed by atoms with Gasteiger partial charge in [0, 0.05) is 12.5 Å². The molecule has 0 spiro atoms. The van der Waals surface area contributed by atoms with Gasteiger partial charge >= 0.3 is 5.97 Å². The van der Waals surface area contributed by atoms with Crippen molar-refractivity contribution in [1.29, 1.82) is 0 Å². The van der Waals surface area contributed by atoms with Gasteiger partial charge in [0.1, 0.15) is 6.61 Å². The summed E-state index contributed by atoms with van der Waals surface area (Å²) in [6.07, 6.45) is 0.696. The largest absolute Gasteiger partial charge is 0.367 e. The van der Waals surface area contributed by atoms with Crippen LogP contribution in [0.4, 0.5) is 0 Å². The SMILES string of the molecule is CC(C)(CCO[N+](=O)[O-])C(=O)ON1CCC(CO[N+](=O)[O-])CC(CO[N+](=O)[O-])C1(C)C. The van der Waals surface area contributed by atoms with Crippen molar-refractivity contribution in [2.24, 2.45) is 17.3 Å². The van der Waals surface area contributed by atoms with Gasteiger partial charge in [-0.3, -0.25) is 0 Å². The highest BCUT2D eigenvalue weighted by Gasteiger charge is 2.44. The summed E-state index contributed by atoms with van der Waals surface area (Å²) in [6, 6.07) is 0. The first-order valence-corrected chi connectivity index (χ1v) is 9.57. The lowest BCUT2D eigenvalue weighted by Gasteiger charge is -2.41. The van der Waals surface area contributed by atoms with Crippen LogP contribution in [0, 0.1) is 47.6 Å². The lowest BCUT2D eigenvalue weighted by atomic mass is 9.82. The van der Waals surface area contributed by atoms with E-state index in [0.29, 0.717) is 12.8 Å². The molecule has 1 aliphatic rings. The van der Waals surface area contributed by atoms with Gasteiger partial charge in [-0.15, -0.1) is 35.4 Å². The minimum absolute atomic E-state index is 0.0221. The number of hydroxylamine groups is 2. The molecular formula is C16H28N4O11. The zero-order valence-corrected chi connectivity index (χ0v) is 17.9. The van der Waals surface area contributed by atoms with Crippen molar-refractivity contribution < 1.29 is 39.4 Å². The summed E-state index contributed by atoms with van der Waals surface area (Å²) in [5, 5.41) is 30.1. The molecule has 0 saturated carbocycles. The van der Waals surface area contributed by atoms with Crippen LogP contribution in [-0.4, -0.2) is 58.2 Å². The Morgan fingerprint density at radius 2 is 1.58 bits per heavy atom. The van der Waals surface area contributed by atoms with E-state index in [-0.39, 0.29) is 38.7 Å². The number of hydrogen-bond donors (Lipinski definition) is 0. The van der Waals surface area contributed by atoms with E-state index in [2.05, 4.69) is 14.5 Å². The minimum atomic E-state index is -1.11. The molecule has 0 radical (unpaired) electrons. The van der Waals surface area contributed by atoms with Crippen molar-refractivity contribution in [3.63, 3.8) is 0 Å². The molecule has 2 atom stereocenters. The zero-order valence-electron chi connectivity index (χ0n) is 17.9. The first-order valence-electron chi connectivity index (χ1n) is 9.57. The summed E-state index contributed by atoms with van der Waals surface area (Å²) in [6.45, 7) is 5.92. The van der Waals surface area contributed by atoms with Gasteiger partial charge in [0.25, 0.3) is 15.3 Å².